The first kappa shape index (κ1) is 14.4. The Kier molecular flexibility index (Phi) is 3.59. The minimum atomic E-state index is -3.87. The van der Waals surface area contributed by atoms with Crippen molar-refractivity contribution >= 4 is 41.6 Å². The highest BCUT2D eigenvalue weighted by Gasteiger charge is 2.40. The van der Waals surface area contributed by atoms with E-state index in [0.29, 0.717) is 22.0 Å². The van der Waals surface area contributed by atoms with Gasteiger partial charge in [-0.05, 0) is 59.3 Å². The Bertz CT molecular complexity index is 676. The molecule has 1 aliphatic heterocycles. The molecule has 2 bridgehead atoms. The van der Waals surface area contributed by atoms with Crippen LogP contribution < -0.4 is 0 Å². The van der Waals surface area contributed by atoms with E-state index in [1.165, 1.54) is 12.5 Å². The van der Waals surface area contributed by atoms with Gasteiger partial charge >= 0.3 is 0 Å². The highest BCUT2D eigenvalue weighted by Crippen LogP contribution is 2.38. The number of amides is 1. The predicted molar refractivity (Wildman–Crippen MR) is 79.3 cm³/mol. The van der Waals surface area contributed by atoms with Gasteiger partial charge in [0.2, 0.25) is 0 Å². The number of carbonyl (C=O) groups is 1. The first-order valence-electron chi connectivity index (χ1n) is 6.41. The van der Waals surface area contributed by atoms with Crippen LogP contribution in [0.3, 0.4) is 0 Å². The molecule has 1 saturated carbocycles. The second-order valence-electron chi connectivity index (χ2n) is 5.37. The van der Waals surface area contributed by atoms with Crippen LogP contribution in [-0.4, -0.2) is 31.8 Å². The SMILES string of the molecule is O=C(c1ccc(Br)c(S(=O)(=O)Cl)c1)N1CC2CCC1C2. The second-order valence-corrected chi connectivity index (χ2v) is 8.76. The Morgan fingerprint density at radius 3 is 2.65 bits per heavy atom. The number of likely N-dealkylation sites (tertiary alicyclic amines) is 1. The molecule has 2 atom stereocenters. The van der Waals surface area contributed by atoms with E-state index in [2.05, 4.69) is 15.9 Å². The van der Waals surface area contributed by atoms with E-state index >= 15 is 0 Å². The van der Waals surface area contributed by atoms with Crippen LogP contribution in [0.4, 0.5) is 0 Å². The Morgan fingerprint density at radius 2 is 2.10 bits per heavy atom. The maximum absolute atomic E-state index is 12.5. The van der Waals surface area contributed by atoms with E-state index in [-0.39, 0.29) is 10.8 Å². The van der Waals surface area contributed by atoms with Crippen LogP contribution >= 0.6 is 26.6 Å². The van der Waals surface area contributed by atoms with Crippen molar-refractivity contribution in [3.8, 4) is 0 Å². The highest BCUT2D eigenvalue weighted by atomic mass is 79.9. The number of piperidine rings is 1. The number of fused-ring (bicyclic) bond motifs is 2. The minimum Gasteiger partial charge on any atom is -0.335 e. The molecule has 1 saturated heterocycles. The molecule has 7 heteroatoms. The van der Waals surface area contributed by atoms with Gasteiger partial charge in [-0.3, -0.25) is 4.79 Å². The van der Waals surface area contributed by atoms with Crippen LogP contribution in [-0.2, 0) is 9.05 Å². The summed E-state index contributed by atoms with van der Waals surface area (Å²) in [5.74, 6) is 0.502. The summed E-state index contributed by atoms with van der Waals surface area (Å²) in [6.07, 6.45) is 3.31. The standard InChI is InChI=1S/C13H13BrClNO3S/c14-11-4-2-9(6-12(11)20(15,18)19)13(17)16-7-8-1-3-10(16)5-8/h2,4,6,8,10H,1,3,5,7H2. The number of hydrogen-bond acceptors (Lipinski definition) is 3. The van der Waals surface area contributed by atoms with Gasteiger partial charge in [0.1, 0.15) is 0 Å². The maximum Gasteiger partial charge on any atom is 0.262 e. The molecular formula is C13H13BrClNO3S. The summed E-state index contributed by atoms with van der Waals surface area (Å²) in [5, 5.41) is 0. The largest absolute Gasteiger partial charge is 0.335 e. The molecule has 1 aliphatic carbocycles. The molecule has 1 aromatic rings. The molecule has 108 valence electrons. The number of rotatable bonds is 2. The fourth-order valence-corrected chi connectivity index (χ4v) is 5.28. The second kappa shape index (κ2) is 5.00. The zero-order valence-electron chi connectivity index (χ0n) is 10.6. The van der Waals surface area contributed by atoms with Crippen LogP contribution in [0.15, 0.2) is 27.6 Å². The molecule has 0 radical (unpaired) electrons. The van der Waals surface area contributed by atoms with Gasteiger partial charge in [-0.1, -0.05) is 0 Å². The quantitative estimate of drug-likeness (QED) is 0.743. The molecule has 1 heterocycles. The summed E-state index contributed by atoms with van der Waals surface area (Å²) in [6, 6.07) is 4.84. The van der Waals surface area contributed by atoms with Gasteiger partial charge in [0.05, 0.1) is 4.90 Å². The van der Waals surface area contributed by atoms with E-state index in [1.807, 2.05) is 4.90 Å². The van der Waals surface area contributed by atoms with Crippen molar-refractivity contribution < 1.29 is 13.2 Å². The minimum absolute atomic E-state index is 0.0608. The van der Waals surface area contributed by atoms with Crippen LogP contribution in [0.25, 0.3) is 0 Å². The highest BCUT2D eigenvalue weighted by molar-refractivity contribution is 9.10. The number of halogens is 2. The molecule has 4 nitrogen and oxygen atoms in total. The van der Waals surface area contributed by atoms with Crippen molar-refractivity contribution in [2.75, 3.05) is 6.54 Å². The summed E-state index contributed by atoms with van der Waals surface area (Å²) < 4.78 is 23.3. The van der Waals surface area contributed by atoms with Crippen molar-refractivity contribution in [2.45, 2.75) is 30.2 Å². The third-order valence-electron chi connectivity index (χ3n) is 4.11. The number of carbonyl (C=O) groups excluding carboxylic acids is 1. The summed E-state index contributed by atoms with van der Waals surface area (Å²) in [5.41, 5.74) is 0.375. The summed E-state index contributed by atoms with van der Waals surface area (Å²) in [4.78, 5) is 14.3. The van der Waals surface area contributed by atoms with E-state index < -0.39 is 9.05 Å². The lowest BCUT2D eigenvalue weighted by atomic mass is 10.1. The summed E-state index contributed by atoms with van der Waals surface area (Å²) in [6.45, 7) is 0.780. The van der Waals surface area contributed by atoms with Gasteiger partial charge in [-0.25, -0.2) is 8.42 Å². The van der Waals surface area contributed by atoms with Crippen molar-refractivity contribution in [1.29, 1.82) is 0 Å². The lowest BCUT2D eigenvalue weighted by molar-refractivity contribution is 0.0703. The Morgan fingerprint density at radius 1 is 1.35 bits per heavy atom. The number of hydrogen-bond donors (Lipinski definition) is 0. The monoisotopic (exact) mass is 377 g/mol. The average molecular weight is 379 g/mol. The molecule has 2 fully saturated rings. The van der Waals surface area contributed by atoms with E-state index in [0.717, 1.165) is 19.4 Å². The van der Waals surface area contributed by atoms with E-state index in [4.69, 9.17) is 10.7 Å². The summed E-state index contributed by atoms with van der Waals surface area (Å²) >= 11 is 3.14. The third kappa shape index (κ3) is 2.49. The molecule has 0 spiro atoms. The number of benzene rings is 1. The van der Waals surface area contributed by atoms with Gasteiger partial charge in [-0.2, -0.15) is 0 Å². The number of nitrogens with zero attached hydrogens (tertiary/aromatic N) is 1. The maximum atomic E-state index is 12.5. The Balaban J connectivity index is 1.93. The Labute approximate surface area is 130 Å². The van der Waals surface area contributed by atoms with Gasteiger partial charge in [-0.15, -0.1) is 0 Å². The molecular weight excluding hydrogens is 366 g/mol. The van der Waals surface area contributed by atoms with Gasteiger partial charge in [0, 0.05) is 33.3 Å². The first-order chi connectivity index (χ1) is 9.36. The van der Waals surface area contributed by atoms with Crippen LogP contribution in [0.5, 0.6) is 0 Å². The predicted octanol–water partition coefficient (Wildman–Crippen LogP) is 3.00. The topological polar surface area (TPSA) is 54.5 Å². The normalized spacial score (nSPS) is 25.2. The average Bonchev–Trinajstić information content (AvgIpc) is 2.99. The van der Waals surface area contributed by atoms with Crippen molar-refractivity contribution in [1.82, 2.24) is 4.90 Å². The lowest BCUT2D eigenvalue weighted by Gasteiger charge is -2.27. The van der Waals surface area contributed by atoms with Crippen LogP contribution in [0.1, 0.15) is 29.6 Å². The zero-order chi connectivity index (χ0) is 14.5. The molecule has 1 aromatic carbocycles. The molecule has 2 aliphatic rings. The smallest absolute Gasteiger partial charge is 0.262 e. The van der Waals surface area contributed by atoms with Gasteiger partial charge in [0.25, 0.3) is 15.0 Å². The van der Waals surface area contributed by atoms with Crippen LogP contribution in [0.2, 0.25) is 0 Å². The van der Waals surface area contributed by atoms with E-state index in [1.54, 1.807) is 12.1 Å². The molecule has 0 N–H and O–H groups in total. The van der Waals surface area contributed by atoms with Crippen molar-refractivity contribution in [3.63, 3.8) is 0 Å². The molecule has 2 unspecified atom stereocenters. The third-order valence-corrected chi connectivity index (χ3v) is 6.43. The Hall–Kier alpha value is -0.590. The van der Waals surface area contributed by atoms with Gasteiger partial charge in [0.15, 0.2) is 0 Å². The molecule has 3 rings (SSSR count). The van der Waals surface area contributed by atoms with Gasteiger partial charge < -0.3 is 4.90 Å². The molecule has 0 aromatic heterocycles. The molecule has 1 amide bonds. The lowest BCUT2D eigenvalue weighted by Crippen LogP contribution is -2.37. The van der Waals surface area contributed by atoms with Crippen LogP contribution in [0, 0.1) is 5.92 Å². The van der Waals surface area contributed by atoms with E-state index in [9.17, 15) is 13.2 Å². The summed E-state index contributed by atoms with van der Waals surface area (Å²) in [7, 11) is 1.51. The van der Waals surface area contributed by atoms with Crippen molar-refractivity contribution in [3.05, 3.63) is 28.2 Å². The zero-order valence-corrected chi connectivity index (χ0v) is 13.7. The fourth-order valence-electron chi connectivity index (χ4n) is 3.16. The van der Waals surface area contributed by atoms with Crippen molar-refractivity contribution in [2.24, 2.45) is 5.92 Å². The fraction of sp³-hybridized carbons (Fsp3) is 0.462. The first-order valence-corrected chi connectivity index (χ1v) is 9.51. The molecule has 20 heavy (non-hydrogen) atoms.